The highest BCUT2D eigenvalue weighted by atomic mass is 16.2. The number of hydrogen-bond donors (Lipinski definition) is 2. The van der Waals surface area contributed by atoms with Crippen molar-refractivity contribution in [3.8, 4) is 11.3 Å². The van der Waals surface area contributed by atoms with Gasteiger partial charge in [-0.05, 0) is 13.8 Å². The van der Waals surface area contributed by atoms with E-state index in [-0.39, 0.29) is 17.9 Å². The monoisotopic (exact) mass is 286 g/mol. The Labute approximate surface area is 125 Å². The summed E-state index contributed by atoms with van der Waals surface area (Å²) in [6.07, 6.45) is 0. The van der Waals surface area contributed by atoms with Crippen molar-refractivity contribution in [2.75, 3.05) is 11.9 Å². The van der Waals surface area contributed by atoms with Gasteiger partial charge in [-0.25, -0.2) is 4.68 Å². The lowest BCUT2D eigenvalue weighted by Crippen LogP contribution is -2.28. The van der Waals surface area contributed by atoms with Crippen LogP contribution in [-0.2, 0) is 4.79 Å². The summed E-state index contributed by atoms with van der Waals surface area (Å²) in [7, 11) is 0. The zero-order valence-corrected chi connectivity index (χ0v) is 12.7. The molecule has 1 atom stereocenters. The van der Waals surface area contributed by atoms with Crippen LogP contribution in [0.15, 0.2) is 36.4 Å². The minimum absolute atomic E-state index is 0.0843. The molecule has 2 aromatic rings. The average molecular weight is 286 g/mol. The number of aromatic nitrogens is 2. The molecule has 1 aromatic heterocycles. The van der Waals surface area contributed by atoms with Crippen LogP contribution in [0.5, 0.6) is 0 Å². The molecule has 0 fully saturated rings. The van der Waals surface area contributed by atoms with Gasteiger partial charge in [0.2, 0.25) is 5.91 Å². The normalized spacial score (nSPS) is 12.4. The van der Waals surface area contributed by atoms with Gasteiger partial charge in [0.05, 0.1) is 5.69 Å². The van der Waals surface area contributed by atoms with Crippen LogP contribution in [0, 0.1) is 5.92 Å². The molecule has 0 saturated carbocycles. The quantitative estimate of drug-likeness (QED) is 0.887. The molecule has 2 rings (SSSR count). The molecule has 0 bridgehead atoms. The summed E-state index contributed by atoms with van der Waals surface area (Å²) in [6.45, 7) is 6.20. The first-order valence-corrected chi connectivity index (χ1v) is 7.18. The predicted molar refractivity (Wildman–Crippen MR) is 84.9 cm³/mol. The Kier molecular flexibility index (Phi) is 4.75. The number of nitrogens with one attached hydrogen (secondary N) is 1. The van der Waals surface area contributed by atoms with Gasteiger partial charge < -0.3 is 11.1 Å². The van der Waals surface area contributed by atoms with E-state index < -0.39 is 0 Å². The zero-order chi connectivity index (χ0) is 15.4. The highest BCUT2D eigenvalue weighted by Crippen LogP contribution is 2.24. The molecule has 1 amide bonds. The van der Waals surface area contributed by atoms with Crippen LogP contribution < -0.4 is 11.1 Å². The van der Waals surface area contributed by atoms with Crippen LogP contribution in [0.1, 0.15) is 26.8 Å². The van der Waals surface area contributed by atoms with E-state index in [0.717, 1.165) is 11.3 Å². The Morgan fingerprint density at radius 2 is 1.95 bits per heavy atom. The maximum atomic E-state index is 12.0. The number of rotatable bonds is 5. The molecule has 21 heavy (non-hydrogen) atoms. The van der Waals surface area contributed by atoms with Gasteiger partial charge in [-0.15, -0.1) is 0 Å². The van der Waals surface area contributed by atoms with Gasteiger partial charge in [0.25, 0.3) is 0 Å². The summed E-state index contributed by atoms with van der Waals surface area (Å²) in [6, 6.07) is 12.0. The minimum Gasteiger partial charge on any atom is -0.330 e. The molecule has 1 aromatic carbocycles. The second-order valence-corrected chi connectivity index (χ2v) is 5.45. The molecular formula is C16H22N4O. The first-order valence-electron chi connectivity index (χ1n) is 7.18. The standard InChI is InChI=1S/C16H22N4O/c1-11(2)20-15(18-16(21)12(3)10-17)9-14(19-20)13-7-5-4-6-8-13/h4-9,11-12H,10,17H2,1-3H3,(H,18,21). The molecule has 0 aliphatic heterocycles. The number of nitrogens with two attached hydrogens (primary N) is 1. The van der Waals surface area contributed by atoms with E-state index in [2.05, 4.69) is 10.4 Å². The third kappa shape index (κ3) is 3.49. The molecule has 0 radical (unpaired) electrons. The molecular weight excluding hydrogens is 264 g/mol. The van der Waals surface area contributed by atoms with E-state index >= 15 is 0 Å². The molecule has 0 spiro atoms. The lowest BCUT2D eigenvalue weighted by molar-refractivity contribution is -0.119. The third-order valence-electron chi connectivity index (χ3n) is 3.35. The first-order chi connectivity index (χ1) is 10.0. The van der Waals surface area contributed by atoms with Gasteiger partial charge in [0, 0.05) is 30.1 Å². The second-order valence-electron chi connectivity index (χ2n) is 5.45. The third-order valence-corrected chi connectivity index (χ3v) is 3.35. The second kappa shape index (κ2) is 6.54. The molecule has 3 N–H and O–H groups in total. The van der Waals surface area contributed by atoms with Crippen molar-refractivity contribution in [3.63, 3.8) is 0 Å². The van der Waals surface area contributed by atoms with Crippen LogP contribution >= 0.6 is 0 Å². The van der Waals surface area contributed by atoms with E-state index in [1.54, 1.807) is 0 Å². The molecule has 112 valence electrons. The van der Waals surface area contributed by atoms with Crippen molar-refractivity contribution in [1.82, 2.24) is 9.78 Å². The number of carbonyl (C=O) groups excluding carboxylic acids is 1. The molecule has 0 aliphatic carbocycles. The fourth-order valence-electron chi connectivity index (χ4n) is 1.99. The Hall–Kier alpha value is -2.14. The summed E-state index contributed by atoms with van der Waals surface area (Å²) in [5, 5.41) is 7.50. The predicted octanol–water partition coefficient (Wildman–Crippen LogP) is 2.66. The SMILES string of the molecule is CC(CN)C(=O)Nc1cc(-c2ccccc2)nn1C(C)C. The van der Waals surface area contributed by atoms with E-state index in [1.165, 1.54) is 0 Å². The van der Waals surface area contributed by atoms with E-state index in [4.69, 9.17) is 5.73 Å². The Morgan fingerprint density at radius 1 is 1.29 bits per heavy atom. The van der Waals surface area contributed by atoms with Gasteiger partial charge in [0.1, 0.15) is 5.82 Å². The average Bonchev–Trinajstić information content (AvgIpc) is 2.91. The maximum Gasteiger partial charge on any atom is 0.229 e. The summed E-state index contributed by atoms with van der Waals surface area (Å²) in [5.41, 5.74) is 7.41. The number of hydrogen-bond acceptors (Lipinski definition) is 3. The fraction of sp³-hybridized carbons (Fsp3) is 0.375. The van der Waals surface area contributed by atoms with E-state index in [9.17, 15) is 4.79 Å². The summed E-state index contributed by atoms with van der Waals surface area (Å²) in [5.74, 6) is 0.397. The molecule has 5 heteroatoms. The summed E-state index contributed by atoms with van der Waals surface area (Å²) in [4.78, 5) is 12.0. The van der Waals surface area contributed by atoms with Crippen LogP contribution in [0.2, 0.25) is 0 Å². The smallest absolute Gasteiger partial charge is 0.229 e. The van der Waals surface area contributed by atoms with E-state index in [0.29, 0.717) is 12.4 Å². The van der Waals surface area contributed by atoms with Crippen LogP contribution in [0.3, 0.4) is 0 Å². The topological polar surface area (TPSA) is 72.9 Å². The van der Waals surface area contributed by atoms with Gasteiger partial charge in [0.15, 0.2) is 0 Å². The first kappa shape index (κ1) is 15.3. The number of anilines is 1. The number of nitrogens with zero attached hydrogens (tertiary/aromatic N) is 2. The fourth-order valence-corrected chi connectivity index (χ4v) is 1.99. The van der Waals surface area contributed by atoms with Gasteiger partial charge in [-0.3, -0.25) is 4.79 Å². The Morgan fingerprint density at radius 3 is 2.52 bits per heavy atom. The van der Waals surface area contributed by atoms with Gasteiger partial charge >= 0.3 is 0 Å². The minimum atomic E-state index is -0.222. The number of benzene rings is 1. The van der Waals surface area contributed by atoms with Gasteiger partial charge in [-0.1, -0.05) is 37.3 Å². The van der Waals surface area contributed by atoms with Gasteiger partial charge in [-0.2, -0.15) is 5.10 Å². The highest BCUT2D eigenvalue weighted by Gasteiger charge is 2.17. The molecule has 1 heterocycles. The zero-order valence-electron chi connectivity index (χ0n) is 12.7. The van der Waals surface area contributed by atoms with Crippen LogP contribution in [0.25, 0.3) is 11.3 Å². The Bertz CT molecular complexity index is 604. The lowest BCUT2D eigenvalue weighted by Gasteiger charge is -2.13. The van der Waals surface area contributed by atoms with Crippen LogP contribution in [-0.4, -0.2) is 22.2 Å². The molecule has 1 unspecified atom stereocenters. The lowest BCUT2D eigenvalue weighted by atomic mass is 10.1. The summed E-state index contributed by atoms with van der Waals surface area (Å²) < 4.78 is 1.82. The van der Waals surface area contributed by atoms with Crippen molar-refractivity contribution in [2.45, 2.75) is 26.8 Å². The molecule has 5 nitrogen and oxygen atoms in total. The van der Waals surface area contributed by atoms with Crippen molar-refractivity contribution in [1.29, 1.82) is 0 Å². The molecule has 0 aliphatic rings. The summed E-state index contributed by atoms with van der Waals surface area (Å²) >= 11 is 0. The van der Waals surface area contributed by atoms with Crippen molar-refractivity contribution < 1.29 is 4.79 Å². The van der Waals surface area contributed by atoms with Crippen molar-refractivity contribution in [2.24, 2.45) is 11.7 Å². The van der Waals surface area contributed by atoms with Crippen LogP contribution in [0.4, 0.5) is 5.82 Å². The highest BCUT2D eigenvalue weighted by molar-refractivity contribution is 5.92. The largest absolute Gasteiger partial charge is 0.330 e. The Balaban J connectivity index is 2.32. The number of amides is 1. The molecule has 0 saturated heterocycles. The van der Waals surface area contributed by atoms with Crippen molar-refractivity contribution in [3.05, 3.63) is 36.4 Å². The number of carbonyl (C=O) groups is 1. The van der Waals surface area contributed by atoms with E-state index in [1.807, 2.05) is 61.9 Å². The maximum absolute atomic E-state index is 12.0. The van der Waals surface area contributed by atoms with Crippen molar-refractivity contribution >= 4 is 11.7 Å².